The van der Waals surface area contributed by atoms with Crippen LogP contribution in [0.5, 0.6) is 5.75 Å². The van der Waals surface area contributed by atoms with Crippen molar-refractivity contribution in [1.29, 1.82) is 0 Å². The van der Waals surface area contributed by atoms with Crippen LogP contribution in [0.15, 0.2) is 78.6 Å². The van der Waals surface area contributed by atoms with E-state index in [1.807, 2.05) is 26.8 Å². The summed E-state index contributed by atoms with van der Waals surface area (Å²) in [5.74, 6) is -0.931. The second kappa shape index (κ2) is 8.67. The molecule has 0 saturated carbocycles. The van der Waals surface area contributed by atoms with Crippen LogP contribution in [0, 0.1) is 6.92 Å². The number of rotatable bonds is 5. The lowest BCUT2D eigenvalue weighted by atomic mass is 9.95. The third kappa shape index (κ3) is 3.87. The van der Waals surface area contributed by atoms with E-state index in [9.17, 15) is 14.7 Å². The maximum Gasteiger partial charge on any atom is 0.300 e. The predicted molar refractivity (Wildman–Crippen MR) is 122 cm³/mol. The number of carbonyl (C=O) groups excluding carboxylic acids is 2. The van der Waals surface area contributed by atoms with E-state index in [4.69, 9.17) is 4.74 Å². The van der Waals surface area contributed by atoms with Gasteiger partial charge in [0, 0.05) is 23.6 Å². The first-order valence-electron chi connectivity index (χ1n) is 10.4. The van der Waals surface area contributed by atoms with Crippen LogP contribution >= 0.6 is 0 Å². The number of carbonyl (C=O) groups is 2. The number of para-hydroxylation sites is 1. The van der Waals surface area contributed by atoms with Crippen LogP contribution in [-0.2, 0) is 9.59 Å². The number of Topliss-reactive ketones (excluding diaryl/α,β-unsaturated/α-hetero) is 1. The Bertz CT molecular complexity index is 1190. The van der Waals surface area contributed by atoms with Crippen molar-refractivity contribution in [3.8, 4) is 5.75 Å². The Kier molecular flexibility index (Phi) is 5.77. The summed E-state index contributed by atoms with van der Waals surface area (Å²) in [4.78, 5) is 31.7. The quantitative estimate of drug-likeness (QED) is 0.359. The van der Waals surface area contributed by atoms with Crippen LogP contribution in [-0.4, -0.2) is 27.9 Å². The SMILES string of the molecule is Cc1cc(/C(O)=C2/C(=O)C(=O)N(c3ccccc3)C2c2ccncc2)ccc1OC(C)C. The summed E-state index contributed by atoms with van der Waals surface area (Å²) in [5.41, 5.74) is 2.57. The lowest BCUT2D eigenvalue weighted by Crippen LogP contribution is -2.29. The fourth-order valence-electron chi connectivity index (χ4n) is 3.89. The Morgan fingerprint density at radius 2 is 1.72 bits per heavy atom. The molecule has 6 heteroatoms. The van der Waals surface area contributed by atoms with Gasteiger partial charge in [-0.05, 0) is 74.4 Å². The van der Waals surface area contributed by atoms with Gasteiger partial charge >= 0.3 is 0 Å². The molecule has 1 saturated heterocycles. The number of ether oxygens (including phenoxy) is 1. The summed E-state index contributed by atoms with van der Waals surface area (Å²) in [6.45, 7) is 5.75. The first-order chi connectivity index (χ1) is 15.4. The maximum atomic E-state index is 13.1. The fraction of sp³-hybridized carbons (Fsp3) is 0.192. The number of hydrogen-bond donors (Lipinski definition) is 1. The lowest BCUT2D eigenvalue weighted by molar-refractivity contribution is -0.132. The van der Waals surface area contributed by atoms with E-state index in [0.717, 1.165) is 5.56 Å². The zero-order valence-corrected chi connectivity index (χ0v) is 18.1. The third-order valence-corrected chi connectivity index (χ3v) is 5.31. The van der Waals surface area contributed by atoms with E-state index in [-0.39, 0.29) is 17.4 Å². The van der Waals surface area contributed by atoms with Gasteiger partial charge in [0.2, 0.25) is 0 Å². The minimum atomic E-state index is -0.771. The molecule has 1 amide bonds. The van der Waals surface area contributed by atoms with Crippen LogP contribution in [0.3, 0.4) is 0 Å². The molecule has 1 unspecified atom stereocenters. The number of aliphatic hydroxyl groups is 1. The normalized spacial score (nSPS) is 17.8. The first-order valence-corrected chi connectivity index (χ1v) is 10.4. The van der Waals surface area contributed by atoms with Crippen LogP contribution < -0.4 is 9.64 Å². The van der Waals surface area contributed by atoms with Crippen LogP contribution in [0.4, 0.5) is 5.69 Å². The molecular formula is C26H24N2O4. The van der Waals surface area contributed by atoms with Crippen LogP contribution in [0.2, 0.25) is 0 Å². The van der Waals surface area contributed by atoms with Gasteiger partial charge in [0.1, 0.15) is 11.5 Å². The Morgan fingerprint density at radius 1 is 1.03 bits per heavy atom. The third-order valence-electron chi connectivity index (χ3n) is 5.31. The number of ketones is 1. The predicted octanol–water partition coefficient (Wildman–Crippen LogP) is 4.80. The van der Waals surface area contributed by atoms with Gasteiger partial charge in [0.15, 0.2) is 0 Å². The van der Waals surface area contributed by atoms with Gasteiger partial charge in [0.25, 0.3) is 11.7 Å². The van der Waals surface area contributed by atoms with Crippen molar-refractivity contribution in [2.75, 3.05) is 4.90 Å². The average molecular weight is 428 g/mol. The second-order valence-electron chi connectivity index (χ2n) is 7.93. The smallest absolute Gasteiger partial charge is 0.300 e. The van der Waals surface area contributed by atoms with Gasteiger partial charge in [-0.25, -0.2) is 0 Å². The highest BCUT2D eigenvalue weighted by Gasteiger charge is 2.46. The molecule has 32 heavy (non-hydrogen) atoms. The number of aliphatic hydroxyl groups excluding tert-OH is 1. The minimum Gasteiger partial charge on any atom is -0.507 e. The van der Waals surface area contributed by atoms with Gasteiger partial charge in [-0.15, -0.1) is 0 Å². The van der Waals surface area contributed by atoms with E-state index < -0.39 is 17.7 Å². The molecule has 1 fully saturated rings. The molecule has 2 aromatic carbocycles. The van der Waals surface area contributed by atoms with Gasteiger partial charge in [-0.3, -0.25) is 19.5 Å². The molecule has 4 rings (SSSR count). The monoisotopic (exact) mass is 428 g/mol. The molecule has 1 atom stereocenters. The number of nitrogens with zero attached hydrogens (tertiary/aromatic N) is 2. The van der Waals surface area contributed by atoms with Crippen molar-refractivity contribution in [1.82, 2.24) is 4.98 Å². The van der Waals surface area contributed by atoms with E-state index in [1.165, 1.54) is 4.90 Å². The number of pyridine rings is 1. The fourth-order valence-corrected chi connectivity index (χ4v) is 3.89. The number of benzene rings is 2. The van der Waals surface area contributed by atoms with Crippen LogP contribution in [0.1, 0.15) is 36.6 Å². The molecule has 0 radical (unpaired) electrons. The van der Waals surface area contributed by atoms with E-state index in [2.05, 4.69) is 4.98 Å². The minimum absolute atomic E-state index is 0.0102. The number of hydrogen-bond acceptors (Lipinski definition) is 5. The summed E-state index contributed by atoms with van der Waals surface area (Å²) in [7, 11) is 0. The van der Waals surface area contributed by atoms with Crippen molar-refractivity contribution in [2.24, 2.45) is 0 Å². The van der Waals surface area contributed by atoms with E-state index in [0.29, 0.717) is 22.6 Å². The molecule has 2 heterocycles. The topological polar surface area (TPSA) is 79.7 Å². The summed E-state index contributed by atoms with van der Waals surface area (Å²) < 4.78 is 5.77. The maximum absolute atomic E-state index is 13.1. The van der Waals surface area contributed by atoms with E-state index in [1.54, 1.807) is 67.0 Å². The van der Waals surface area contributed by atoms with Crippen molar-refractivity contribution < 1.29 is 19.4 Å². The number of aryl methyl sites for hydroxylation is 1. The zero-order chi connectivity index (χ0) is 22.8. The summed E-state index contributed by atoms with van der Waals surface area (Å²) in [5, 5.41) is 11.2. The highest BCUT2D eigenvalue weighted by molar-refractivity contribution is 6.51. The van der Waals surface area contributed by atoms with Crippen molar-refractivity contribution >= 4 is 23.1 Å². The highest BCUT2D eigenvalue weighted by Crippen LogP contribution is 2.42. The number of amides is 1. The molecular weight excluding hydrogens is 404 g/mol. The van der Waals surface area contributed by atoms with Gasteiger partial charge in [-0.2, -0.15) is 0 Å². The van der Waals surface area contributed by atoms with Crippen molar-refractivity contribution in [3.05, 3.63) is 95.3 Å². The molecule has 1 aromatic heterocycles. The molecule has 1 aliphatic heterocycles. The molecule has 0 spiro atoms. The number of aromatic nitrogens is 1. The van der Waals surface area contributed by atoms with Gasteiger partial charge < -0.3 is 9.84 Å². The molecule has 1 aliphatic rings. The van der Waals surface area contributed by atoms with Crippen molar-refractivity contribution in [2.45, 2.75) is 32.9 Å². The summed E-state index contributed by atoms with van der Waals surface area (Å²) in [6.07, 6.45) is 3.21. The Hall–Kier alpha value is -3.93. The molecule has 1 N–H and O–H groups in total. The first kappa shape index (κ1) is 21.3. The second-order valence-corrected chi connectivity index (χ2v) is 7.93. The standard InChI is InChI=1S/C26H24N2O4/c1-16(2)32-21-10-9-19(15-17(21)3)24(29)22-23(18-11-13-27-14-12-18)28(26(31)25(22)30)20-7-5-4-6-8-20/h4-16,23,29H,1-3H3/b24-22-. The van der Waals surface area contributed by atoms with E-state index >= 15 is 0 Å². The average Bonchev–Trinajstić information content (AvgIpc) is 3.06. The molecule has 3 aromatic rings. The largest absolute Gasteiger partial charge is 0.507 e. The Balaban J connectivity index is 1.87. The van der Waals surface area contributed by atoms with Crippen molar-refractivity contribution in [3.63, 3.8) is 0 Å². The lowest BCUT2D eigenvalue weighted by Gasteiger charge is -2.25. The Labute approximate surface area is 186 Å². The molecule has 6 nitrogen and oxygen atoms in total. The summed E-state index contributed by atoms with van der Waals surface area (Å²) in [6, 6.07) is 16.9. The molecule has 0 bridgehead atoms. The zero-order valence-electron chi connectivity index (χ0n) is 18.1. The number of anilines is 1. The molecule has 0 aliphatic carbocycles. The molecule has 162 valence electrons. The Morgan fingerprint density at radius 3 is 2.34 bits per heavy atom. The summed E-state index contributed by atoms with van der Waals surface area (Å²) >= 11 is 0. The highest BCUT2D eigenvalue weighted by atomic mass is 16.5. The van der Waals surface area contributed by atoms with Gasteiger partial charge in [0.05, 0.1) is 17.7 Å². The van der Waals surface area contributed by atoms with Crippen LogP contribution in [0.25, 0.3) is 5.76 Å². The van der Waals surface area contributed by atoms with Gasteiger partial charge in [-0.1, -0.05) is 18.2 Å².